The summed E-state index contributed by atoms with van der Waals surface area (Å²) in [6.07, 6.45) is -0.313. The van der Waals surface area contributed by atoms with Crippen LogP contribution >= 0.6 is 0 Å². The number of hydrogen-bond donors (Lipinski definition) is 1. The maximum Gasteiger partial charge on any atom is 0.169 e. The summed E-state index contributed by atoms with van der Waals surface area (Å²) in [6, 6.07) is 53.6. The van der Waals surface area contributed by atoms with Crippen LogP contribution in [0.4, 0.5) is 0 Å². The van der Waals surface area contributed by atoms with Crippen molar-refractivity contribution in [2.24, 2.45) is 9.98 Å². The zero-order valence-corrected chi connectivity index (χ0v) is 22.9. The van der Waals surface area contributed by atoms with Gasteiger partial charge in [-0.05, 0) is 67.2 Å². The number of benzene rings is 7. The zero-order valence-electron chi connectivity index (χ0n) is 22.9. The second-order valence-electron chi connectivity index (χ2n) is 10.7. The molecule has 7 aromatic carbocycles. The molecule has 0 fully saturated rings. The molecule has 198 valence electrons. The lowest BCUT2D eigenvalue weighted by molar-refractivity contribution is 0.756. The van der Waals surface area contributed by atoms with E-state index in [1.54, 1.807) is 0 Å². The minimum Gasteiger partial charge on any atom is -0.324 e. The van der Waals surface area contributed by atoms with Crippen molar-refractivity contribution in [1.29, 1.82) is 0 Å². The van der Waals surface area contributed by atoms with Gasteiger partial charge in [0.05, 0.1) is 0 Å². The lowest BCUT2D eigenvalue weighted by Gasteiger charge is -2.22. The largest absolute Gasteiger partial charge is 0.324 e. The molecule has 0 radical (unpaired) electrons. The highest BCUT2D eigenvalue weighted by Crippen LogP contribution is 2.32. The molecular weight excluding hydrogens is 510 g/mol. The fourth-order valence-corrected chi connectivity index (χ4v) is 5.87. The van der Waals surface area contributed by atoms with Gasteiger partial charge in [-0.2, -0.15) is 0 Å². The van der Waals surface area contributed by atoms with E-state index in [4.69, 9.17) is 9.98 Å². The summed E-state index contributed by atoms with van der Waals surface area (Å²) in [7, 11) is 0. The van der Waals surface area contributed by atoms with Crippen LogP contribution in [0.15, 0.2) is 162 Å². The predicted molar refractivity (Wildman–Crippen MR) is 176 cm³/mol. The van der Waals surface area contributed by atoms with E-state index in [1.165, 1.54) is 43.4 Å². The van der Waals surface area contributed by atoms with Crippen LogP contribution in [0.1, 0.15) is 22.9 Å². The Kier molecular flexibility index (Phi) is 5.86. The number of nitrogens with one attached hydrogen (secondary N) is 1. The van der Waals surface area contributed by atoms with Crippen LogP contribution in [0.25, 0.3) is 43.4 Å². The summed E-state index contributed by atoms with van der Waals surface area (Å²) >= 11 is 0. The van der Waals surface area contributed by atoms with Crippen LogP contribution in [0.5, 0.6) is 0 Å². The van der Waals surface area contributed by atoms with Crippen molar-refractivity contribution in [3.63, 3.8) is 0 Å². The highest BCUT2D eigenvalue weighted by Gasteiger charge is 2.20. The first-order valence-electron chi connectivity index (χ1n) is 14.3. The van der Waals surface area contributed by atoms with E-state index in [-0.39, 0.29) is 6.17 Å². The summed E-state index contributed by atoms with van der Waals surface area (Å²) in [6.45, 7) is 0. The number of nitrogens with zero attached hydrogens (tertiary/aromatic N) is 2. The van der Waals surface area contributed by atoms with Crippen LogP contribution in [-0.2, 0) is 0 Å². The van der Waals surface area contributed by atoms with E-state index in [9.17, 15) is 0 Å². The maximum absolute atomic E-state index is 5.07. The van der Waals surface area contributed by atoms with Crippen LogP contribution in [0.2, 0.25) is 0 Å². The van der Waals surface area contributed by atoms with Gasteiger partial charge in [-0.25, -0.2) is 9.98 Å². The minimum atomic E-state index is -0.313. The molecule has 1 atom stereocenters. The molecular formula is C39H27N3. The molecule has 42 heavy (non-hydrogen) atoms. The fourth-order valence-electron chi connectivity index (χ4n) is 5.87. The van der Waals surface area contributed by atoms with E-state index >= 15 is 0 Å². The molecule has 0 amide bonds. The molecule has 0 aromatic heterocycles. The molecule has 1 N–H and O–H groups in total. The number of aliphatic imine (C=N–C) groups is 2. The van der Waals surface area contributed by atoms with Gasteiger partial charge < -0.3 is 5.32 Å². The Balaban J connectivity index is 1.21. The van der Waals surface area contributed by atoms with Crippen LogP contribution in [0.3, 0.4) is 0 Å². The van der Waals surface area contributed by atoms with E-state index in [0.717, 1.165) is 28.4 Å². The Labute approximate surface area is 244 Å². The molecule has 1 aliphatic rings. The molecule has 7 aromatic rings. The predicted octanol–water partition coefficient (Wildman–Crippen LogP) is 9.31. The number of hydrogen-bond acceptors (Lipinski definition) is 3. The molecule has 0 aliphatic carbocycles. The standard InChI is InChI=1S/C39H27N3/c1-3-10-29(11-4-1)37-40-38(30-12-5-2-6-13-30)42-39(41-37)33-22-16-26-15-20-31(23-34(26)24-33)32-21-19-28-18-17-27-9-7-8-14-35(27)36(28)25-32/h1-25,37H,(H,40,41,42). The Bertz CT molecular complexity index is 2160. The quantitative estimate of drug-likeness (QED) is 0.223. The first-order valence-corrected chi connectivity index (χ1v) is 14.3. The van der Waals surface area contributed by atoms with Crippen LogP contribution in [-0.4, -0.2) is 11.7 Å². The third-order valence-electron chi connectivity index (χ3n) is 8.08. The summed E-state index contributed by atoms with van der Waals surface area (Å²) < 4.78 is 0. The topological polar surface area (TPSA) is 36.8 Å². The molecule has 1 unspecified atom stereocenters. The van der Waals surface area contributed by atoms with Gasteiger partial charge in [-0.1, -0.05) is 133 Å². The Morgan fingerprint density at radius 3 is 1.71 bits per heavy atom. The van der Waals surface area contributed by atoms with E-state index in [1.807, 2.05) is 36.4 Å². The molecule has 0 bridgehead atoms. The van der Waals surface area contributed by atoms with E-state index in [0.29, 0.717) is 0 Å². The highest BCUT2D eigenvalue weighted by atomic mass is 15.2. The first-order chi connectivity index (χ1) is 20.8. The van der Waals surface area contributed by atoms with Crippen LogP contribution < -0.4 is 5.32 Å². The molecule has 0 saturated heterocycles. The van der Waals surface area contributed by atoms with Crippen molar-refractivity contribution < 1.29 is 0 Å². The van der Waals surface area contributed by atoms with Crippen molar-refractivity contribution in [2.45, 2.75) is 6.17 Å². The monoisotopic (exact) mass is 537 g/mol. The van der Waals surface area contributed by atoms with Gasteiger partial charge >= 0.3 is 0 Å². The van der Waals surface area contributed by atoms with Crippen molar-refractivity contribution in [2.75, 3.05) is 0 Å². The molecule has 3 heteroatoms. The molecule has 1 heterocycles. The third-order valence-corrected chi connectivity index (χ3v) is 8.08. The summed E-state index contributed by atoms with van der Waals surface area (Å²) in [5, 5.41) is 11.0. The van der Waals surface area contributed by atoms with Gasteiger partial charge in [0.15, 0.2) is 6.17 Å². The number of amidine groups is 2. The first kappa shape index (κ1) is 24.3. The summed E-state index contributed by atoms with van der Waals surface area (Å²) in [5.74, 6) is 1.65. The van der Waals surface area contributed by atoms with Gasteiger partial charge in [0.25, 0.3) is 0 Å². The SMILES string of the molecule is c1ccc(C2=NC(c3ccccc3)N=C(c3ccc4ccc(-c5ccc6ccc7ccccc7c6c5)cc4c3)N2)cc1. The minimum absolute atomic E-state index is 0.313. The second-order valence-corrected chi connectivity index (χ2v) is 10.7. The normalized spacial score (nSPS) is 14.9. The molecule has 1 aliphatic heterocycles. The Morgan fingerprint density at radius 1 is 0.381 bits per heavy atom. The van der Waals surface area contributed by atoms with Gasteiger partial charge in [0, 0.05) is 11.1 Å². The average Bonchev–Trinajstić information content (AvgIpc) is 3.08. The molecule has 8 rings (SSSR count). The van der Waals surface area contributed by atoms with Gasteiger partial charge in [-0.3, -0.25) is 0 Å². The van der Waals surface area contributed by atoms with Crippen molar-refractivity contribution in [3.05, 3.63) is 168 Å². The molecule has 3 nitrogen and oxygen atoms in total. The maximum atomic E-state index is 5.07. The second kappa shape index (κ2) is 10.1. The number of fused-ring (bicyclic) bond motifs is 4. The summed E-state index contributed by atoms with van der Waals surface area (Å²) in [5.41, 5.74) is 5.55. The Morgan fingerprint density at radius 2 is 0.929 bits per heavy atom. The highest BCUT2D eigenvalue weighted by molar-refractivity contribution is 6.16. The zero-order chi connectivity index (χ0) is 27.9. The van der Waals surface area contributed by atoms with Gasteiger partial charge in [0.1, 0.15) is 11.7 Å². The lowest BCUT2D eigenvalue weighted by atomic mass is 9.95. The van der Waals surface area contributed by atoms with Crippen molar-refractivity contribution >= 4 is 44.0 Å². The number of rotatable bonds is 4. The van der Waals surface area contributed by atoms with Gasteiger partial charge in [-0.15, -0.1) is 0 Å². The average molecular weight is 538 g/mol. The lowest BCUT2D eigenvalue weighted by Crippen LogP contribution is -2.36. The molecule has 0 spiro atoms. The van der Waals surface area contributed by atoms with Crippen molar-refractivity contribution in [3.8, 4) is 11.1 Å². The third kappa shape index (κ3) is 4.42. The fraction of sp³-hybridized carbons (Fsp3) is 0.0256. The van der Waals surface area contributed by atoms with E-state index < -0.39 is 0 Å². The Hall–Kier alpha value is -5.54. The van der Waals surface area contributed by atoms with Crippen molar-refractivity contribution in [1.82, 2.24) is 5.32 Å². The summed E-state index contributed by atoms with van der Waals surface area (Å²) in [4.78, 5) is 10.0. The molecule has 0 saturated carbocycles. The van der Waals surface area contributed by atoms with Gasteiger partial charge in [0.2, 0.25) is 0 Å². The smallest absolute Gasteiger partial charge is 0.169 e. The van der Waals surface area contributed by atoms with Crippen LogP contribution in [0, 0.1) is 0 Å². The van der Waals surface area contributed by atoms with E-state index in [2.05, 4.69) is 121 Å².